The van der Waals surface area contributed by atoms with E-state index < -0.39 is 0 Å². The summed E-state index contributed by atoms with van der Waals surface area (Å²) in [7, 11) is 0. The van der Waals surface area contributed by atoms with Gasteiger partial charge < -0.3 is 0 Å². The maximum Gasteiger partial charge on any atom is 0.0991 e. The molecule has 0 saturated heterocycles. The van der Waals surface area contributed by atoms with Gasteiger partial charge in [0.25, 0.3) is 0 Å². The fourth-order valence-electron chi connectivity index (χ4n) is 1.37. The van der Waals surface area contributed by atoms with E-state index in [-0.39, 0.29) is 12.1 Å². The van der Waals surface area contributed by atoms with Gasteiger partial charge in [-0.1, -0.05) is 18.1 Å². The van der Waals surface area contributed by atoms with Crippen LogP contribution in [0.1, 0.15) is 31.0 Å². The quantitative estimate of drug-likeness (QED) is 0.756. The van der Waals surface area contributed by atoms with Crippen molar-refractivity contribution in [1.82, 2.24) is 5.32 Å². The monoisotopic (exact) mass is 198 g/mol. The number of nitrogens with zero attached hydrogens (tertiary/aromatic N) is 1. The molecule has 15 heavy (non-hydrogen) atoms. The van der Waals surface area contributed by atoms with Crippen molar-refractivity contribution in [3.63, 3.8) is 0 Å². The molecule has 76 valence electrons. The molecule has 2 unspecified atom stereocenters. The van der Waals surface area contributed by atoms with Crippen molar-refractivity contribution >= 4 is 0 Å². The zero-order valence-electron chi connectivity index (χ0n) is 8.99. The molecule has 1 rings (SSSR count). The van der Waals surface area contributed by atoms with Gasteiger partial charge in [0.1, 0.15) is 0 Å². The van der Waals surface area contributed by atoms with E-state index in [4.69, 9.17) is 11.7 Å². The first-order chi connectivity index (χ1) is 7.17. The normalized spacial score (nSPS) is 13.6. The Bertz CT molecular complexity index is 392. The fraction of sp³-hybridized carbons (Fsp3) is 0.308. The van der Waals surface area contributed by atoms with Crippen LogP contribution < -0.4 is 5.32 Å². The minimum atomic E-state index is 0.0515. The van der Waals surface area contributed by atoms with Crippen molar-refractivity contribution in [3.05, 3.63) is 35.4 Å². The van der Waals surface area contributed by atoms with Gasteiger partial charge in [0.15, 0.2) is 0 Å². The summed E-state index contributed by atoms with van der Waals surface area (Å²) >= 11 is 0. The van der Waals surface area contributed by atoms with Crippen LogP contribution in [0.2, 0.25) is 0 Å². The number of terminal acetylenes is 1. The van der Waals surface area contributed by atoms with Crippen molar-refractivity contribution in [2.24, 2.45) is 0 Å². The van der Waals surface area contributed by atoms with E-state index in [1.54, 1.807) is 0 Å². The molecular formula is C13H14N2. The molecule has 1 N–H and O–H groups in total. The summed E-state index contributed by atoms with van der Waals surface area (Å²) < 4.78 is 0. The first-order valence-electron chi connectivity index (χ1n) is 4.89. The number of nitriles is 1. The summed E-state index contributed by atoms with van der Waals surface area (Å²) in [6, 6.07) is 9.86. The lowest BCUT2D eigenvalue weighted by atomic mass is 10.1. The molecule has 1 aromatic carbocycles. The predicted molar refractivity (Wildman–Crippen MR) is 61.0 cm³/mol. The van der Waals surface area contributed by atoms with Crippen molar-refractivity contribution in [3.8, 4) is 18.4 Å². The largest absolute Gasteiger partial charge is 0.297 e. The Hall–Kier alpha value is -1.77. The Morgan fingerprint density at radius 3 is 2.33 bits per heavy atom. The predicted octanol–water partition coefficient (Wildman–Crippen LogP) is 2.23. The van der Waals surface area contributed by atoms with Gasteiger partial charge in [0.2, 0.25) is 0 Å². The molecule has 2 atom stereocenters. The maximum absolute atomic E-state index is 8.66. The van der Waals surface area contributed by atoms with Gasteiger partial charge in [-0.05, 0) is 31.5 Å². The summed E-state index contributed by atoms with van der Waals surface area (Å²) in [5, 5.41) is 11.9. The summed E-state index contributed by atoms with van der Waals surface area (Å²) in [4.78, 5) is 0. The topological polar surface area (TPSA) is 35.8 Å². The van der Waals surface area contributed by atoms with Crippen LogP contribution in [0.3, 0.4) is 0 Å². The average Bonchev–Trinajstić information content (AvgIpc) is 2.29. The van der Waals surface area contributed by atoms with E-state index in [9.17, 15) is 0 Å². The molecule has 0 amide bonds. The smallest absolute Gasteiger partial charge is 0.0991 e. The van der Waals surface area contributed by atoms with E-state index in [2.05, 4.69) is 24.2 Å². The first kappa shape index (κ1) is 11.3. The number of hydrogen-bond donors (Lipinski definition) is 1. The molecule has 0 aliphatic carbocycles. The minimum absolute atomic E-state index is 0.0515. The molecule has 0 aliphatic rings. The third-order valence-electron chi connectivity index (χ3n) is 2.29. The standard InChI is InChI=1S/C13H14N2/c1-4-10(2)15-11(3)13-7-5-12(9-14)6-8-13/h1,5-8,10-11,15H,2-3H3. The summed E-state index contributed by atoms with van der Waals surface area (Å²) in [5.74, 6) is 2.62. The molecule has 0 aliphatic heterocycles. The zero-order valence-corrected chi connectivity index (χ0v) is 8.99. The van der Waals surface area contributed by atoms with E-state index >= 15 is 0 Å². The lowest BCUT2D eigenvalue weighted by Gasteiger charge is -2.16. The second-order valence-corrected chi connectivity index (χ2v) is 3.51. The molecule has 0 heterocycles. The van der Waals surface area contributed by atoms with Crippen molar-refractivity contribution in [2.75, 3.05) is 0 Å². The van der Waals surface area contributed by atoms with E-state index in [1.165, 1.54) is 0 Å². The van der Waals surface area contributed by atoms with E-state index in [1.807, 2.05) is 31.2 Å². The molecule has 0 aromatic heterocycles. The highest BCUT2D eigenvalue weighted by atomic mass is 14.9. The molecule has 0 radical (unpaired) electrons. The van der Waals surface area contributed by atoms with Gasteiger partial charge in [0.05, 0.1) is 17.7 Å². The van der Waals surface area contributed by atoms with Crippen LogP contribution in [0, 0.1) is 23.7 Å². The van der Waals surface area contributed by atoms with Gasteiger partial charge in [0, 0.05) is 6.04 Å². The van der Waals surface area contributed by atoms with Crippen LogP contribution in [-0.2, 0) is 0 Å². The van der Waals surface area contributed by atoms with Gasteiger partial charge >= 0.3 is 0 Å². The van der Waals surface area contributed by atoms with Crippen molar-refractivity contribution < 1.29 is 0 Å². The first-order valence-corrected chi connectivity index (χ1v) is 4.89. The Morgan fingerprint density at radius 2 is 1.87 bits per heavy atom. The molecule has 0 bridgehead atoms. The Kier molecular flexibility index (Phi) is 3.92. The van der Waals surface area contributed by atoms with Crippen LogP contribution in [0.5, 0.6) is 0 Å². The van der Waals surface area contributed by atoms with Crippen LogP contribution in [0.15, 0.2) is 24.3 Å². The summed E-state index contributed by atoms with van der Waals surface area (Å²) in [6.07, 6.45) is 5.29. The van der Waals surface area contributed by atoms with Gasteiger partial charge in [-0.3, -0.25) is 5.32 Å². The van der Waals surface area contributed by atoms with E-state index in [0.29, 0.717) is 5.56 Å². The van der Waals surface area contributed by atoms with Gasteiger partial charge in [-0.25, -0.2) is 0 Å². The second kappa shape index (κ2) is 5.20. The molecule has 2 nitrogen and oxygen atoms in total. The highest BCUT2D eigenvalue weighted by molar-refractivity contribution is 5.32. The summed E-state index contributed by atoms with van der Waals surface area (Å²) in [5.41, 5.74) is 1.81. The lowest BCUT2D eigenvalue weighted by molar-refractivity contribution is 0.546. The number of benzene rings is 1. The molecule has 2 heteroatoms. The highest BCUT2D eigenvalue weighted by Gasteiger charge is 2.06. The molecule has 0 fully saturated rings. The molecule has 1 aromatic rings. The zero-order chi connectivity index (χ0) is 11.3. The van der Waals surface area contributed by atoms with Crippen LogP contribution in [0.25, 0.3) is 0 Å². The van der Waals surface area contributed by atoms with Crippen molar-refractivity contribution in [1.29, 1.82) is 5.26 Å². The molecule has 0 saturated carbocycles. The Labute approximate surface area is 90.9 Å². The fourth-order valence-corrected chi connectivity index (χ4v) is 1.37. The third kappa shape index (κ3) is 3.13. The van der Waals surface area contributed by atoms with Gasteiger partial charge in [-0.15, -0.1) is 6.42 Å². The van der Waals surface area contributed by atoms with E-state index in [0.717, 1.165) is 5.56 Å². The van der Waals surface area contributed by atoms with Crippen LogP contribution in [-0.4, -0.2) is 6.04 Å². The average molecular weight is 198 g/mol. The highest BCUT2D eigenvalue weighted by Crippen LogP contribution is 2.13. The van der Waals surface area contributed by atoms with Crippen LogP contribution >= 0.6 is 0 Å². The van der Waals surface area contributed by atoms with Crippen molar-refractivity contribution in [2.45, 2.75) is 25.9 Å². The second-order valence-electron chi connectivity index (χ2n) is 3.51. The van der Waals surface area contributed by atoms with Gasteiger partial charge in [-0.2, -0.15) is 5.26 Å². The molecule has 0 spiro atoms. The third-order valence-corrected chi connectivity index (χ3v) is 2.29. The molecular weight excluding hydrogens is 184 g/mol. The Balaban J connectivity index is 2.71. The lowest BCUT2D eigenvalue weighted by Crippen LogP contribution is -2.27. The SMILES string of the molecule is C#CC(C)NC(C)c1ccc(C#N)cc1. The number of rotatable bonds is 3. The van der Waals surface area contributed by atoms with Crippen LogP contribution in [0.4, 0.5) is 0 Å². The minimum Gasteiger partial charge on any atom is -0.297 e. The summed E-state index contributed by atoms with van der Waals surface area (Å²) in [6.45, 7) is 4.00. The number of nitrogens with one attached hydrogen (secondary N) is 1. The maximum atomic E-state index is 8.66. The Morgan fingerprint density at radius 1 is 1.27 bits per heavy atom. The number of hydrogen-bond acceptors (Lipinski definition) is 2.